The number of amides is 1. The summed E-state index contributed by atoms with van der Waals surface area (Å²) in [5, 5.41) is 2.97. The van der Waals surface area contributed by atoms with Gasteiger partial charge in [-0.25, -0.2) is 8.42 Å². The van der Waals surface area contributed by atoms with Crippen LogP contribution in [0.25, 0.3) is 11.1 Å². The van der Waals surface area contributed by atoms with E-state index in [9.17, 15) is 13.2 Å². The fourth-order valence-corrected chi connectivity index (χ4v) is 5.40. The molecule has 1 heterocycles. The average Bonchev–Trinajstić information content (AvgIpc) is 2.77. The Labute approximate surface area is 176 Å². The Morgan fingerprint density at radius 1 is 1.03 bits per heavy atom. The number of nitrogens with one attached hydrogen (secondary N) is 1. The van der Waals surface area contributed by atoms with Gasteiger partial charge in [0.25, 0.3) is 15.9 Å². The van der Waals surface area contributed by atoms with E-state index in [4.69, 9.17) is 0 Å². The van der Waals surface area contributed by atoms with Crippen LogP contribution in [-0.2, 0) is 16.4 Å². The Bertz CT molecular complexity index is 1250. The second-order valence-electron chi connectivity index (χ2n) is 7.02. The van der Waals surface area contributed by atoms with Gasteiger partial charge in [-0.05, 0) is 42.3 Å². The van der Waals surface area contributed by atoms with E-state index in [0.29, 0.717) is 22.4 Å². The maximum atomic E-state index is 13.1. The van der Waals surface area contributed by atoms with Gasteiger partial charge in [0.2, 0.25) is 0 Å². The Balaban J connectivity index is 1.79. The van der Waals surface area contributed by atoms with Gasteiger partial charge in [0.1, 0.15) is 0 Å². The third-order valence-electron chi connectivity index (χ3n) is 5.21. The highest BCUT2D eigenvalue weighted by Crippen LogP contribution is 2.43. The highest BCUT2D eigenvalue weighted by atomic mass is 32.2. The SMILES string of the molecule is C=CCN1c2ccc(C(=O)Nc3ccccc3CC)cc2-c2ccccc2S1(=O)=O. The summed E-state index contributed by atoms with van der Waals surface area (Å²) in [5.41, 5.74) is 4.14. The van der Waals surface area contributed by atoms with Crippen LogP contribution in [0.4, 0.5) is 11.4 Å². The topological polar surface area (TPSA) is 66.5 Å². The lowest BCUT2D eigenvalue weighted by Gasteiger charge is -2.31. The number of para-hydroxylation sites is 1. The third kappa shape index (κ3) is 3.29. The van der Waals surface area contributed by atoms with Gasteiger partial charge in [-0.15, -0.1) is 6.58 Å². The lowest BCUT2D eigenvalue weighted by molar-refractivity contribution is 0.102. The number of carbonyl (C=O) groups excluding carboxylic acids is 1. The second-order valence-corrected chi connectivity index (χ2v) is 8.85. The largest absolute Gasteiger partial charge is 0.322 e. The minimum absolute atomic E-state index is 0.152. The lowest BCUT2D eigenvalue weighted by Crippen LogP contribution is -2.34. The first kappa shape index (κ1) is 19.9. The maximum Gasteiger partial charge on any atom is 0.265 e. The Hall–Kier alpha value is -3.38. The minimum atomic E-state index is -3.69. The number of carbonyl (C=O) groups is 1. The highest BCUT2D eigenvalue weighted by Gasteiger charge is 2.34. The predicted molar refractivity (Wildman–Crippen MR) is 120 cm³/mol. The van der Waals surface area contributed by atoms with Gasteiger partial charge in [0.05, 0.1) is 17.1 Å². The molecule has 0 unspecified atom stereocenters. The fraction of sp³-hybridized carbons (Fsp3) is 0.125. The first-order valence-corrected chi connectivity index (χ1v) is 11.2. The molecule has 1 N–H and O–H groups in total. The number of sulfonamides is 1. The summed E-state index contributed by atoms with van der Waals surface area (Å²) in [6.07, 6.45) is 2.36. The molecule has 3 aromatic rings. The molecule has 152 valence electrons. The summed E-state index contributed by atoms with van der Waals surface area (Å²) in [4.78, 5) is 13.2. The number of hydrogen-bond donors (Lipinski definition) is 1. The van der Waals surface area contributed by atoms with Crippen LogP contribution >= 0.6 is 0 Å². The van der Waals surface area contributed by atoms with Crippen LogP contribution in [0.1, 0.15) is 22.8 Å². The highest BCUT2D eigenvalue weighted by molar-refractivity contribution is 7.93. The number of benzene rings is 3. The van der Waals surface area contributed by atoms with Crippen molar-refractivity contribution in [3.63, 3.8) is 0 Å². The molecule has 0 spiro atoms. The predicted octanol–water partition coefficient (Wildman–Crippen LogP) is 4.86. The van der Waals surface area contributed by atoms with Crippen molar-refractivity contribution < 1.29 is 13.2 Å². The van der Waals surface area contributed by atoms with Crippen LogP contribution in [0.5, 0.6) is 0 Å². The number of anilines is 2. The van der Waals surface area contributed by atoms with Crippen LogP contribution in [-0.4, -0.2) is 20.9 Å². The Kier molecular flexibility index (Phi) is 5.18. The average molecular weight is 419 g/mol. The van der Waals surface area contributed by atoms with E-state index in [1.165, 1.54) is 4.31 Å². The van der Waals surface area contributed by atoms with Crippen molar-refractivity contribution in [2.24, 2.45) is 0 Å². The lowest BCUT2D eigenvalue weighted by atomic mass is 9.99. The maximum absolute atomic E-state index is 13.1. The monoisotopic (exact) mass is 418 g/mol. The molecule has 0 radical (unpaired) electrons. The molecule has 6 heteroatoms. The van der Waals surface area contributed by atoms with Crippen molar-refractivity contribution in [2.75, 3.05) is 16.2 Å². The molecule has 1 aliphatic rings. The van der Waals surface area contributed by atoms with Gasteiger partial charge in [0.15, 0.2) is 0 Å². The second kappa shape index (κ2) is 7.80. The normalized spacial score (nSPS) is 13.8. The van der Waals surface area contributed by atoms with E-state index in [1.807, 2.05) is 31.2 Å². The van der Waals surface area contributed by atoms with E-state index in [2.05, 4.69) is 11.9 Å². The molecule has 5 nitrogen and oxygen atoms in total. The quantitative estimate of drug-likeness (QED) is 0.602. The van der Waals surface area contributed by atoms with Gasteiger partial charge in [-0.2, -0.15) is 0 Å². The molecule has 3 aromatic carbocycles. The number of fused-ring (bicyclic) bond motifs is 3. The van der Waals surface area contributed by atoms with E-state index in [0.717, 1.165) is 17.7 Å². The van der Waals surface area contributed by atoms with Gasteiger partial charge in [0, 0.05) is 22.4 Å². The minimum Gasteiger partial charge on any atom is -0.322 e. The molecule has 30 heavy (non-hydrogen) atoms. The molecular formula is C24H22N2O3S. The van der Waals surface area contributed by atoms with E-state index < -0.39 is 10.0 Å². The van der Waals surface area contributed by atoms with E-state index >= 15 is 0 Å². The van der Waals surface area contributed by atoms with Gasteiger partial charge < -0.3 is 5.32 Å². The third-order valence-corrected chi connectivity index (χ3v) is 7.05. The first-order chi connectivity index (χ1) is 14.5. The summed E-state index contributed by atoms with van der Waals surface area (Å²) < 4.78 is 27.5. The van der Waals surface area contributed by atoms with Crippen molar-refractivity contribution in [1.82, 2.24) is 0 Å². The van der Waals surface area contributed by atoms with Gasteiger partial charge in [-0.1, -0.05) is 49.4 Å². The zero-order chi connectivity index (χ0) is 21.3. The molecule has 1 aliphatic heterocycles. The van der Waals surface area contributed by atoms with Crippen LogP contribution in [0.2, 0.25) is 0 Å². The number of nitrogens with zero attached hydrogens (tertiary/aromatic N) is 1. The summed E-state index contributed by atoms with van der Waals surface area (Å²) >= 11 is 0. The molecule has 4 rings (SSSR count). The van der Waals surface area contributed by atoms with Crippen LogP contribution in [0.3, 0.4) is 0 Å². The van der Waals surface area contributed by atoms with Gasteiger partial charge in [-0.3, -0.25) is 9.10 Å². The molecule has 1 amide bonds. The molecular weight excluding hydrogens is 396 g/mol. The molecule has 0 atom stereocenters. The van der Waals surface area contributed by atoms with Crippen LogP contribution < -0.4 is 9.62 Å². The van der Waals surface area contributed by atoms with Gasteiger partial charge >= 0.3 is 0 Å². The van der Waals surface area contributed by atoms with Crippen molar-refractivity contribution in [1.29, 1.82) is 0 Å². The number of aryl methyl sites for hydroxylation is 1. The summed E-state index contributed by atoms with van der Waals surface area (Å²) in [5.74, 6) is -0.236. The fourth-order valence-electron chi connectivity index (χ4n) is 3.73. The summed E-state index contributed by atoms with van der Waals surface area (Å²) in [6.45, 7) is 5.88. The van der Waals surface area contributed by atoms with E-state index in [-0.39, 0.29) is 17.3 Å². The van der Waals surface area contributed by atoms with Crippen LogP contribution in [0, 0.1) is 0 Å². The molecule has 0 saturated heterocycles. The summed E-state index contributed by atoms with van der Waals surface area (Å²) in [6, 6.07) is 19.6. The van der Waals surface area contributed by atoms with Crippen molar-refractivity contribution >= 4 is 27.3 Å². The Morgan fingerprint density at radius 2 is 1.77 bits per heavy atom. The number of rotatable bonds is 5. The standard InChI is InChI=1S/C24H22N2O3S/c1-3-15-26-22-14-13-18(24(27)25-21-11-7-5-9-17(21)4-2)16-20(22)19-10-6-8-12-23(19)30(26,28)29/h3,5-14,16H,1,4,15H2,2H3,(H,25,27). The molecule has 0 fully saturated rings. The molecule has 0 saturated carbocycles. The summed E-state index contributed by atoms with van der Waals surface area (Å²) in [7, 11) is -3.69. The zero-order valence-electron chi connectivity index (χ0n) is 16.6. The van der Waals surface area contributed by atoms with Crippen molar-refractivity contribution in [2.45, 2.75) is 18.2 Å². The molecule has 0 bridgehead atoms. The van der Waals surface area contributed by atoms with Crippen LogP contribution in [0.15, 0.2) is 84.3 Å². The molecule has 0 aromatic heterocycles. The first-order valence-electron chi connectivity index (χ1n) is 9.73. The molecule has 0 aliphatic carbocycles. The number of hydrogen-bond acceptors (Lipinski definition) is 3. The van der Waals surface area contributed by atoms with E-state index in [1.54, 1.807) is 48.5 Å². The Morgan fingerprint density at radius 3 is 2.53 bits per heavy atom. The smallest absolute Gasteiger partial charge is 0.265 e. The van der Waals surface area contributed by atoms with Crippen molar-refractivity contribution in [3.05, 3.63) is 90.5 Å². The van der Waals surface area contributed by atoms with Crippen molar-refractivity contribution in [3.8, 4) is 11.1 Å². The zero-order valence-corrected chi connectivity index (χ0v) is 17.4.